The number of hydrogen-bond acceptors (Lipinski definition) is 14. The van der Waals surface area contributed by atoms with Crippen LogP contribution in [0.3, 0.4) is 0 Å². The molecule has 0 bridgehead atoms. The normalized spacial score (nSPS) is 16.4. The van der Waals surface area contributed by atoms with E-state index in [0.717, 1.165) is 41.2 Å². The molecule has 0 radical (unpaired) electrons. The van der Waals surface area contributed by atoms with Crippen molar-refractivity contribution in [2.24, 2.45) is 5.16 Å². The van der Waals surface area contributed by atoms with E-state index in [1.54, 1.807) is 39.4 Å². The fraction of sp³-hybridized carbons (Fsp3) is 0.487. The molecule has 2 heterocycles. The summed E-state index contributed by atoms with van der Waals surface area (Å²) in [5.74, 6) is 4.51. The summed E-state index contributed by atoms with van der Waals surface area (Å²) in [5.41, 5.74) is 2.06. The number of nitro groups is 1. The van der Waals surface area contributed by atoms with E-state index in [-0.39, 0.29) is 58.6 Å². The van der Waals surface area contributed by atoms with Crippen molar-refractivity contribution in [1.82, 2.24) is 4.90 Å². The lowest BCUT2D eigenvalue weighted by atomic mass is 9.99. The molecular weight excluding hydrogens is 751 g/mol. The molecule has 2 aliphatic rings. The lowest BCUT2D eigenvalue weighted by Gasteiger charge is -2.31. The molecule has 1 saturated heterocycles. The first kappa shape index (κ1) is 41.5. The molecule has 1 fully saturated rings. The molecule has 16 heteroatoms. The molecular formula is C39H49N3O11S2. The lowest BCUT2D eigenvalue weighted by Crippen LogP contribution is -2.41. The summed E-state index contributed by atoms with van der Waals surface area (Å²) in [4.78, 5) is 33.1. The second-order valence-electron chi connectivity index (χ2n) is 12.5. The molecule has 0 spiro atoms. The number of carbonyl (C=O) groups is 1. The Morgan fingerprint density at radius 1 is 0.873 bits per heavy atom. The number of hydrogen-bond donors (Lipinski definition) is 0. The van der Waals surface area contributed by atoms with Crippen molar-refractivity contribution >= 4 is 40.8 Å². The molecule has 1 unspecified atom stereocenters. The molecule has 0 aromatic heterocycles. The number of carbonyl (C=O) groups excluding carboxylic acids is 1. The molecule has 5 rings (SSSR count). The Bertz CT molecular complexity index is 1810. The van der Waals surface area contributed by atoms with Crippen LogP contribution in [0, 0.1) is 10.1 Å². The van der Waals surface area contributed by atoms with Crippen LogP contribution in [0.5, 0.6) is 40.2 Å². The SMILES string of the molecule is CCSC(SCC)[C@@H]1CCCN1C(=O)c1cc(OC)c(OCCCOc2ccc(C3=NOC(c4cc(OC)c(OC)c(OC)c4)C3)cc2OC)cc1[N+](=O)[O-]. The molecule has 55 heavy (non-hydrogen) atoms. The molecule has 2 atom stereocenters. The average molecular weight is 800 g/mol. The van der Waals surface area contributed by atoms with Gasteiger partial charge in [-0.25, -0.2) is 0 Å². The molecule has 0 saturated carbocycles. The van der Waals surface area contributed by atoms with Crippen molar-refractivity contribution in [2.45, 2.75) is 56.3 Å². The Morgan fingerprint density at radius 2 is 1.51 bits per heavy atom. The maximum absolute atomic E-state index is 13.8. The third kappa shape index (κ3) is 9.58. The molecule has 1 amide bonds. The van der Waals surface area contributed by atoms with Gasteiger partial charge in [-0.3, -0.25) is 14.9 Å². The Hall–Kier alpha value is -4.70. The van der Waals surface area contributed by atoms with Crippen molar-refractivity contribution in [2.75, 3.05) is 66.8 Å². The van der Waals surface area contributed by atoms with E-state index in [4.69, 9.17) is 38.0 Å². The maximum Gasteiger partial charge on any atom is 0.286 e. The van der Waals surface area contributed by atoms with Gasteiger partial charge in [0.25, 0.3) is 11.6 Å². The number of likely N-dealkylation sites (tertiary alicyclic amines) is 1. The average Bonchev–Trinajstić information content (AvgIpc) is 3.91. The van der Waals surface area contributed by atoms with Crippen LogP contribution < -0.4 is 33.2 Å². The van der Waals surface area contributed by atoms with Crippen LogP contribution in [0.2, 0.25) is 0 Å². The minimum absolute atomic E-state index is 0.00293. The molecule has 14 nitrogen and oxygen atoms in total. The molecule has 0 N–H and O–H groups in total. The number of amides is 1. The second kappa shape index (κ2) is 19.8. The van der Waals surface area contributed by atoms with Gasteiger partial charge in [-0.2, -0.15) is 0 Å². The molecule has 3 aromatic carbocycles. The summed E-state index contributed by atoms with van der Waals surface area (Å²) in [6.07, 6.45) is 2.32. The first-order valence-corrected chi connectivity index (χ1v) is 20.2. The number of nitro benzene ring substituents is 1. The van der Waals surface area contributed by atoms with Gasteiger partial charge in [0.1, 0.15) is 5.56 Å². The van der Waals surface area contributed by atoms with E-state index in [9.17, 15) is 14.9 Å². The highest BCUT2D eigenvalue weighted by atomic mass is 32.2. The molecule has 2 aliphatic heterocycles. The topological polar surface area (TPSA) is 150 Å². The van der Waals surface area contributed by atoms with Crippen LogP contribution in [0.25, 0.3) is 0 Å². The number of thioether (sulfide) groups is 2. The fourth-order valence-electron chi connectivity index (χ4n) is 6.63. The van der Waals surface area contributed by atoms with Crippen molar-refractivity contribution in [3.05, 3.63) is 69.3 Å². The number of rotatable bonds is 20. The van der Waals surface area contributed by atoms with Gasteiger partial charge in [0, 0.05) is 36.6 Å². The van der Waals surface area contributed by atoms with Gasteiger partial charge in [-0.05, 0) is 54.7 Å². The summed E-state index contributed by atoms with van der Waals surface area (Å²) < 4.78 is 39.8. The van der Waals surface area contributed by atoms with Crippen LogP contribution in [0.4, 0.5) is 5.69 Å². The van der Waals surface area contributed by atoms with Crippen LogP contribution in [-0.2, 0) is 4.84 Å². The van der Waals surface area contributed by atoms with E-state index in [2.05, 4.69) is 19.0 Å². The second-order valence-corrected chi connectivity index (χ2v) is 15.6. The van der Waals surface area contributed by atoms with Crippen molar-refractivity contribution in [3.63, 3.8) is 0 Å². The largest absolute Gasteiger partial charge is 0.493 e. The molecule has 298 valence electrons. The van der Waals surface area contributed by atoms with Crippen LogP contribution in [0.15, 0.2) is 47.6 Å². The number of benzene rings is 3. The number of ether oxygens (including phenoxy) is 7. The Kier molecular flexibility index (Phi) is 14.9. The summed E-state index contributed by atoms with van der Waals surface area (Å²) >= 11 is 3.62. The smallest absolute Gasteiger partial charge is 0.286 e. The Labute approximate surface area is 330 Å². The van der Waals surface area contributed by atoms with E-state index in [0.29, 0.717) is 48.1 Å². The number of oxime groups is 1. The summed E-state index contributed by atoms with van der Waals surface area (Å²) in [6, 6.07) is 11.9. The van der Waals surface area contributed by atoms with Crippen LogP contribution in [-0.4, -0.2) is 98.9 Å². The monoisotopic (exact) mass is 799 g/mol. The lowest BCUT2D eigenvalue weighted by molar-refractivity contribution is -0.385. The highest BCUT2D eigenvalue weighted by Gasteiger charge is 2.38. The maximum atomic E-state index is 13.8. The van der Waals surface area contributed by atoms with Crippen molar-refractivity contribution in [1.29, 1.82) is 0 Å². The van der Waals surface area contributed by atoms with E-state index in [1.807, 2.05) is 47.8 Å². The zero-order valence-electron chi connectivity index (χ0n) is 32.3. The minimum Gasteiger partial charge on any atom is -0.493 e. The van der Waals surface area contributed by atoms with Gasteiger partial charge in [-0.1, -0.05) is 19.0 Å². The number of methoxy groups -OCH3 is 5. The van der Waals surface area contributed by atoms with Crippen LogP contribution in [0.1, 0.15) is 67.1 Å². The van der Waals surface area contributed by atoms with Gasteiger partial charge in [0.15, 0.2) is 40.6 Å². The van der Waals surface area contributed by atoms with Gasteiger partial charge < -0.3 is 42.9 Å². The Morgan fingerprint density at radius 3 is 2.11 bits per heavy atom. The predicted octanol–water partition coefficient (Wildman–Crippen LogP) is 7.79. The molecule has 0 aliphatic carbocycles. The third-order valence-corrected chi connectivity index (χ3v) is 12.0. The zero-order chi connectivity index (χ0) is 39.5. The summed E-state index contributed by atoms with van der Waals surface area (Å²) in [6.45, 7) is 5.20. The standard InChI is InChI=1S/C39H49N3O11S2/c1-8-54-39(55-9-2)28-12-10-15-41(28)38(43)26-21-33(47-4)34(23-29(26)42(44)45)52-17-11-16-51-30-14-13-24(18-32(30)46-3)27-22-31(53-40-27)25-19-35(48-5)37(50-7)36(20-25)49-6/h13-14,18-21,23,28,31,39H,8-12,15-17,22H2,1-7H3/t28-,31?/m0/s1. The number of nitrogens with zero attached hydrogens (tertiary/aromatic N) is 3. The summed E-state index contributed by atoms with van der Waals surface area (Å²) in [7, 11) is 7.69. The third-order valence-electron chi connectivity index (χ3n) is 9.27. The highest BCUT2D eigenvalue weighted by Crippen LogP contribution is 2.43. The van der Waals surface area contributed by atoms with Gasteiger partial charge in [0.05, 0.1) is 76.1 Å². The first-order valence-electron chi connectivity index (χ1n) is 18.1. The Balaban J connectivity index is 1.20. The van der Waals surface area contributed by atoms with E-state index < -0.39 is 4.92 Å². The fourth-order valence-corrected chi connectivity index (χ4v) is 9.50. The van der Waals surface area contributed by atoms with Gasteiger partial charge >= 0.3 is 0 Å². The highest BCUT2D eigenvalue weighted by molar-refractivity contribution is 8.17. The predicted molar refractivity (Wildman–Crippen MR) is 213 cm³/mol. The van der Waals surface area contributed by atoms with Crippen molar-refractivity contribution in [3.8, 4) is 40.2 Å². The van der Waals surface area contributed by atoms with Gasteiger partial charge in [-0.15, -0.1) is 23.5 Å². The summed E-state index contributed by atoms with van der Waals surface area (Å²) in [5, 5.41) is 16.6. The van der Waals surface area contributed by atoms with E-state index >= 15 is 0 Å². The minimum atomic E-state index is -0.542. The van der Waals surface area contributed by atoms with Crippen molar-refractivity contribution < 1.29 is 47.7 Å². The first-order chi connectivity index (χ1) is 26.7. The quantitative estimate of drug-likeness (QED) is 0.0474. The van der Waals surface area contributed by atoms with Crippen LogP contribution >= 0.6 is 23.5 Å². The zero-order valence-corrected chi connectivity index (χ0v) is 33.9. The van der Waals surface area contributed by atoms with E-state index in [1.165, 1.54) is 19.2 Å². The van der Waals surface area contributed by atoms with Gasteiger partial charge in [0.2, 0.25) is 5.75 Å². The molecule has 3 aromatic rings.